The molecule has 1 aliphatic rings. The maximum absolute atomic E-state index is 13.1. The number of methoxy groups -OCH3 is 2. The Balaban J connectivity index is 2.28. The van der Waals surface area contributed by atoms with Crippen LogP contribution in [0.3, 0.4) is 0 Å². The second-order valence-electron chi connectivity index (χ2n) is 6.73. The van der Waals surface area contributed by atoms with Gasteiger partial charge in [0, 0.05) is 24.7 Å². The number of carbonyl (C=O) groups excluding carboxylic acids is 3. The SMILES string of the molecule is COC(=O)C1(C(=O)OC)[C@@H](c2ccccc2)CC(=O)C[C@H]1c1ccccc1. The van der Waals surface area contributed by atoms with Gasteiger partial charge in [0.15, 0.2) is 5.41 Å². The minimum atomic E-state index is -1.62. The molecule has 140 valence electrons. The highest BCUT2D eigenvalue weighted by Gasteiger charge is 2.63. The number of ether oxygens (including phenoxy) is 2. The van der Waals surface area contributed by atoms with E-state index in [1.807, 2.05) is 60.7 Å². The van der Waals surface area contributed by atoms with E-state index in [2.05, 4.69) is 0 Å². The first-order valence-corrected chi connectivity index (χ1v) is 8.84. The molecule has 1 saturated carbocycles. The van der Waals surface area contributed by atoms with Crippen LogP contribution in [0.15, 0.2) is 60.7 Å². The van der Waals surface area contributed by atoms with Gasteiger partial charge in [0.05, 0.1) is 14.2 Å². The van der Waals surface area contributed by atoms with E-state index in [4.69, 9.17) is 9.47 Å². The van der Waals surface area contributed by atoms with Crippen molar-refractivity contribution in [3.05, 3.63) is 71.8 Å². The molecule has 0 radical (unpaired) electrons. The largest absolute Gasteiger partial charge is 0.468 e. The summed E-state index contributed by atoms with van der Waals surface area (Å²) >= 11 is 0. The van der Waals surface area contributed by atoms with Crippen LogP contribution in [0.5, 0.6) is 0 Å². The molecule has 27 heavy (non-hydrogen) atoms. The second kappa shape index (κ2) is 7.74. The fourth-order valence-corrected chi connectivity index (χ4v) is 4.23. The Morgan fingerprint density at radius 2 is 1.15 bits per heavy atom. The predicted octanol–water partition coefficient (Wildman–Crippen LogP) is 3.25. The maximum Gasteiger partial charge on any atom is 0.324 e. The molecule has 1 aliphatic carbocycles. The molecule has 0 N–H and O–H groups in total. The van der Waals surface area contributed by atoms with Crippen molar-refractivity contribution in [2.75, 3.05) is 14.2 Å². The van der Waals surface area contributed by atoms with Crippen molar-refractivity contribution in [1.82, 2.24) is 0 Å². The molecule has 0 saturated heterocycles. The third kappa shape index (κ3) is 3.14. The van der Waals surface area contributed by atoms with Gasteiger partial charge in [0.2, 0.25) is 0 Å². The molecule has 1 fully saturated rings. The van der Waals surface area contributed by atoms with Gasteiger partial charge >= 0.3 is 11.9 Å². The summed E-state index contributed by atoms with van der Waals surface area (Å²) in [5.74, 6) is -2.68. The van der Waals surface area contributed by atoms with E-state index in [0.717, 1.165) is 11.1 Å². The van der Waals surface area contributed by atoms with Crippen molar-refractivity contribution in [1.29, 1.82) is 0 Å². The van der Waals surface area contributed by atoms with Crippen LogP contribution in [-0.4, -0.2) is 31.9 Å². The first kappa shape index (κ1) is 18.8. The molecule has 0 aliphatic heterocycles. The van der Waals surface area contributed by atoms with Crippen LogP contribution in [0.4, 0.5) is 0 Å². The Morgan fingerprint density at radius 3 is 1.48 bits per heavy atom. The van der Waals surface area contributed by atoms with Gasteiger partial charge in [-0.3, -0.25) is 14.4 Å². The van der Waals surface area contributed by atoms with Gasteiger partial charge in [-0.25, -0.2) is 0 Å². The molecule has 2 aromatic carbocycles. The lowest BCUT2D eigenvalue weighted by Gasteiger charge is -2.44. The molecule has 0 bridgehead atoms. The number of Topliss-reactive ketones (excluding diaryl/α,β-unsaturated/α-hetero) is 1. The van der Waals surface area contributed by atoms with Crippen molar-refractivity contribution in [2.45, 2.75) is 24.7 Å². The molecule has 2 aromatic rings. The summed E-state index contributed by atoms with van der Waals surface area (Å²) < 4.78 is 10.2. The van der Waals surface area contributed by atoms with Gasteiger partial charge < -0.3 is 9.47 Å². The van der Waals surface area contributed by atoms with Crippen LogP contribution in [0.1, 0.15) is 35.8 Å². The van der Waals surface area contributed by atoms with E-state index in [1.165, 1.54) is 14.2 Å². The minimum absolute atomic E-state index is 0.00105. The summed E-state index contributed by atoms with van der Waals surface area (Å²) in [7, 11) is 2.51. The Bertz CT molecular complexity index is 759. The van der Waals surface area contributed by atoms with Crippen molar-refractivity contribution < 1.29 is 23.9 Å². The summed E-state index contributed by atoms with van der Waals surface area (Å²) in [5, 5.41) is 0. The van der Waals surface area contributed by atoms with Gasteiger partial charge in [-0.2, -0.15) is 0 Å². The fourth-order valence-electron chi connectivity index (χ4n) is 4.23. The zero-order valence-corrected chi connectivity index (χ0v) is 15.4. The van der Waals surface area contributed by atoms with Crippen molar-refractivity contribution in [2.24, 2.45) is 5.41 Å². The van der Waals surface area contributed by atoms with E-state index in [1.54, 1.807) is 0 Å². The smallest absolute Gasteiger partial charge is 0.324 e. The lowest BCUT2D eigenvalue weighted by molar-refractivity contribution is -0.175. The molecular weight excluding hydrogens is 344 g/mol. The third-order valence-corrected chi connectivity index (χ3v) is 5.41. The summed E-state index contributed by atoms with van der Waals surface area (Å²) in [6, 6.07) is 18.3. The quantitative estimate of drug-likeness (QED) is 0.614. The molecule has 0 aromatic heterocycles. The maximum atomic E-state index is 13.1. The van der Waals surface area contributed by atoms with E-state index >= 15 is 0 Å². The predicted molar refractivity (Wildman–Crippen MR) is 99.1 cm³/mol. The van der Waals surface area contributed by atoms with Crippen LogP contribution >= 0.6 is 0 Å². The van der Waals surface area contributed by atoms with Gasteiger partial charge in [0.1, 0.15) is 5.78 Å². The molecule has 3 rings (SSSR count). The summed E-state index contributed by atoms with van der Waals surface area (Å²) in [4.78, 5) is 38.9. The average Bonchev–Trinajstić information content (AvgIpc) is 2.73. The zero-order valence-electron chi connectivity index (χ0n) is 15.4. The Hall–Kier alpha value is -2.95. The number of hydrogen-bond acceptors (Lipinski definition) is 5. The molecular formula is C22H22O5. The van der Waals surface area contributed by atoms with Crippen molar-refractivity contribution >= 4 is 17.7 Å². The van der Waals surface area contributed by atoms with E-state index < -0.39 is 29.2 Å². The molecule has 2 atom stereocenters. The third-order valence-electron chi connectivity index (χ3n) is 5.41. The summed E-state index contributed by atoms with van der Waals surface area (Å²) in [5.41, 5.74) is -0.148. The standard InChI is InChI=1S/C22H22O5/c1-26-20(24)22(21(25)27-2)18(15-9-5-3-6-10-15)13-17(23)14-19(22)16-11-7-4-8-12-16/h3-12,18-19H,13-14H2,1-2H3/t18-,19+. The van der Waals surface area contributed by atoms with Crippen molar-refractivity contribution in [3.8, 4) is 0 Å². The van der Waals surface area contributed by atoms with E-state index in [0.29, 0.717) is 0 Å². The lowest BCUT2D eigenvalue weighted by atomic mass is 9.56. The van der Waals surface area contributed by atoms with Gasteiger partial charge in [-0.05, 0) is 11.1 Å². The average molecular weight is 366 g/mol. The number of benzene rings is 2. The molecule has 5 nitrogen and oxygen atoms in total. The van der Waals surface area contributed by atoms with Gasteiger partial charge in [-0.15, -0.1) is 0 Å². The van der Waals surface area contributed by atoms with Gasteiger partial charge in [0.25, 0.3) is 0 Å². The number of esters is 2. The molecule has 0 unspecified atom stereocenters. The topological polar surface area (TPSA) is 69.7 Å². The minimum Gasteiger partial charge on any atom is -0.468 e. The Kier molecular flexibility index (Phi) is 5.40. The van der Waals surface area contributed by atoms with E-state index in [-0.39, 0.29) is 18.6 Å². The zero-order chi connectivity index (χ0) is 19.4. The number of hydrogen-bond donors (Lipinski definition) is 0. The van der Waals surface area contributed by atoms with Crippen molar-refractivity contribution in [3.63, 3.8) is 0 Å². The number of carbonyl (C=O) groups is 3. The van der Waals surface area contributed by atoms with Crippen LogP contribution in [0, 0.1) is 5.41 Å². The molecule has 0 spiro atoms. The number of ketones is 1. The highest BCUT2D eigenvalue weighted by atomic mass is 16.5. The molecule has 5 heteroatoms. The lowest BCUT2D eigenvalue weighted by Crippen LogP contribution is -2.53. The molecule has 0 heterocycles. The Morgan fingerprint density at radius 1 is 0.778 bits per heavy atom. The fraction of sp³-hybridized carbons (Fsp3) is 0.318. The highest BCUT2D eigenvalue weighted by molar-refractivity contribution is 6.05. The first-order valence-electron chi connectivity index (χ1n) is 8.84. The monoisotopic (exact) mass is 366 g/mol. The molecule has 0 amide bonds. The second-order valence-corrected chi connectivity index (χ2v) is 6.73. The first-order chi connectivity index (χ1) is 13.1. The van der Waals surface area contributed by atoms with E-state index in [9.17, 15) is 14.4 Å². The van der Waals surface area contributed by atoms with Crippen LogP contribution in [0.2, 0.25) is 0 Å². The summed E-state index contributed by atoms with van der Waals surface area (Å²) in [6.07, 6.45) is 0.162. The Labute approximate surface area is 158 Å². The number of rotatable bonds is 4. The highest BCUT2D eigenvalue weighted by Crippen LogP contribution is 2.55. The van der Waals surface area contributed by atoms with Gasteiger partial charge in [-0.1, -0.05) is 60.7 Å². The van der Waals surface area contributed by atoms with Crippen LogP contribution in [-0.2, 0) is 23.9 Å². The summed E-state index contributed by atoms with van der Waals surface area (Å²) in [6.45, 7) is 0. The normalized spacial score (nSPS) is 21.3. The van der Waals surface area contributed by atoms with Crippen LogP contribution < -0.4 is 0 Å². The van der Waals surface area contributed by atoms with Crippen LogP contribution in [0.25, 0.3) is 0 Å².